The van der Waals surface area contributed by atoms with Crippen molar-refractivity contribution in [3.63, 3.8) is 0 Å². The molecular weight excluding hydrogens is 432 g/mol. The Labute approximate surface area is 186 Å². The molecule has 1 heterocycles. The standard InChI is InChI=1S/C22H22N4O5S/c1-15(24-20-18-11-6-7-12-19(18)32(29,30)25-20)22(28)31-16(2)21(27)26(14-8-13-23)17-9-4-3-5-10-17/h3-7,9-12,15-16H,8,14H2,1-2H3,(H,24,25)/t15-,16?/m0/s1. The number of amides is 1. The van der Waals surface area contributed by atoms with E-state index in [-0.39, 0.29) is 23.7 Å². The van der Waals surface area contributed by atoms with Gasteiger partial charge in [0.15, 0.2) is 6.10 Å². The minimum atomic E-state index is -3.73. The lowest BCUT2D eigenvalue weighted by Gasteiger charge is -2.25. The number of benzene rings is 2. The van der Waals surface area contributed by atoms with Crippen LogP contribution in [0.2, 0.25) is 0 Å². The monoisotopic (exact) mass is 454 g/mol. The lowest BCUT2D eigenvalue weighted by Crippen LogP contribution is -2.41. The van der Waals surface area contributed by atoms with Crippen molar-refractivity contribution in [2.75, 3.05) is 11.4 Å². The van der Waals surface area contributed by atoms with Crippen molar-refractivity contribution in [3.05, 3.63) is 60.2 Å². The Kier molecular flexibility index (Phi) is 6.90. The molecule has 0 aromatic heterocycles. The Morgan fingerprint density at radius 1 is 1.12 bits per heavy atom. The quantitative estimate of drug-likeness (QED) is 0.637. The van der Waals surface area contributed by atoms with Crippen molar-refractivity contribution in [2.45, 2.75) is 37.3 Å². The molecular formula is C22H22N4O5S. The molecule has 9 nitrogen and oxygen atoms in total. The zero-order valence-corrected chi connectivity index (χ0v) is 18.4. The molecule has 0 bridgehead atoms. The summed E-state index contributed by atoms with van der Waals surface area (Å²) in [6, 6.07) is 16.0. The van der Waals surface area contributed by atoms with Gasteiger partial charge >= 0.3 is 5.97 Å². The Balaban J connectivity index is 1.73. The Hall–Kier alpha value is -3.71. The first-order valence-electron chi connectivity index (χ1n) is 9.88. The van der Waals surface area contributed by atoms with Gasteiger partial charge in [0.25, 0.3) is 15.9 Å². The molecule has 1 aliphatic rings. The fourth-order valence-corrected chi connectivity index (χ4v) is 4.39. The first kappa shape index (κ1) is 23.0. The normalized spacial score (nSPS) is 16.8. The van der Waals surface area contributed by atoms with Crippen LogP contribution in [0.5, 0.6) is 0 Å². The SMILES string of the molecule is CC(OC(=O)[C@H](C)N=C1NS(=O)(=O)c2ccccc21)C(=O)N(CCC#N)c1ccccc1. The molecule has 2 aromatic carbocycles. The van der Waals surface area contributed by atoms with Gasteiger partial charge in [-0.15, -0.1) is 0 Å². The molecule has 1 aliphatic heterocycles. The molecule has 0 aliphatic carbocycles. The molecule has 0 fully saturated rings. The number of nitriles is 1. The van der Waals surface area contributed by atoms with Gasteiger partial charge in [-0.1, -0.05) is 30.3 Å². The molecule has 2 atom stereocenters. The van der Waals surface area contributed by atoms with Crippen molar-refractivity contribution in [3.8, 4) is 6.07 Å². The summed E-state index contributed by atoms with van der Waals surface area (Å²) < 4.78 is 32.0. The summed E-state index contributed by atoms with van der Waals surface area (Å²) in [5.74, 6) is -1.22. The van der Waals surface area contributed by atoms with E-state index in [1.54, 1.807) is 48.5 Å². The van der Waals surface area contributed by atoms with Gasteiger partial charge in [-0.05, 0) is 38.1 Å². The number of hydrogen-bond acceptors (Lipinski definition) is 7. The predicted molar refractivity (Wildman–Crippen MR) is 117 cm³/mol. The maximum atomic E-state index is 12.9. The number of esters is 1. The lowest BCUT2D eigenvalue weighted by atomic mass is 10.2. The number of sulfonamides is 1. The van der Waals surface area contributed by atoms with Gasteiger partial charge in [0, 0.05) is 17.8 Å². The van der Waals surface area contributed by atoms with Crippen LogP contribution in [0.3, 0.4) is 0 Å². The van der Waals surface area contributed by atoms with Crippen molar-refractivity contribution in [2.24, 2.45) is 4.99 Å². The topological polar surface area (TPSA) is 129 Å². The number of nitrogens with one attached hydrogen (secondary N) is 1. The van der Waals surface area contributed by atoms with Crippen LogP contribution in [0.15, 0.2) is 64.5 Å². The number of hydrogen-bond donors (Lipinski definition) is 1. The average Bonchev–Trinajstić information content (AvgIpc) is 3.04. The van der Waals surface area contributed by atoms with Gasteiger partial charge in [-0.25, -0.2) is 13.2 Å². The highest BCUT2D eigenvalue weighted by molar-refractivity contribution is 7.90. The first-order chi connectivity index (χ1) is 15.2. The second-order valence-corrected chi connectivity index (χ2v) is 8.72. The zero-order chi connectivity index (χ0) is 23.3. The maximum absolute atomic E-state index is 12.9. The summed E-state index contributed by atoms with van der Waals surface area (Å²) in [5, 5.41) is 8.91. The van der Waals surface area contributed by atoms with E-state index in [1.807, 2.05) is 6.07 Å². The third-order valence-corrected chi connectivity index (χ3v) is 6.15. The number of aliphatic imine (C=N–C) groups is 1. The van der Waals surface area contributed by atoms with Crippen molar-refractivity contribution in [1.82, 2.24) is 4.72 Å². The van der Waals surface area contributed by atoms with E-state index < -0.39 is 34.0 Å². The highest BCUT2D eigenvalue weighted by Crippen LogP contribution is 2.23. The fourth-order valence-electron chi connectivity index (χ4n) is 3.15. The smallest absolute Gasteiger partial charge is 0.331 e. The van der Waals surface area contributed by atoms with E-state index in [4.69, 9.17) is 10.00 Å². The Bertz CT molecular complexity index is 1190. The molecule has 1 amide bonds. The molecule has 2 aromatic rings. The first-order valence-corrected chi connectivity index (χ1v) is 11.4. The summed E-state index contributed by atoms with van der Waals surface area (Å²) in [4.78, 5) is 31.1. The summed E-state index contributed by atoms with van der Waals surface area (Å²) in [5.41, 5.74) is 0.948. The Morgan fingerprint density at radius 2 is 1.78 bits per heavy atom. The lowest BCUT2D eigenvalue weighted by molar-refractivity contribution is -0.154. The van der Waals surface area contributed by atoms with Crippen LogP contribution in [0.1, 0.15) is 25.8 Å². The van der Waals surface area contributed by atoms with Crippen LogP contribution in [0, 0.1) is 11.3 Å². The van der Waals surface area contributed by atoms with Crippen LogP contribution in [0.25, 0.3) is 0 Å². The second-order valence-electron chi connectivity index (χ2n) is 7.07. The average molecular weight is 455 g/mol. The van der Waals surface area contributed by atoms with E-state index in [2.05, 4.69) is 9.71 Å². The van der Waals surface area contributed by atoms with Crippen LogP contribution in [-0.4, -0.2) is 44.8 Å². The fraction of sp³-hybridized carbons (Fsp3) is 0.273. The number of anilines is 1. The van der Waals surface area contributed by atoms with E-state index in [1.165, 1.54) is 24.8 Å². The van der Waals surface area contributed by atoms with Gasteiger partial charge in [-0.3, -0.25) is 14.5 Å². The molecule has 1 N–H and O–H groups in total. The maximum Gasteiger partial charge on any atom is 0.331 e. The number of rotatable bonds is 7. The molecule has 0 saturated heterocycles. The van der Waals surface area contributed by atoms with Gasteiger partial charge in [-0.2, -0.15) is 5.26 Å². The third-order valence-electron chi connectivity index (χ3n) is 4.75. The highest BCUT2D eigenvalue weighted by atomic mass is 32.2. The van der Waals surface area contributed by atoms with Crippen molar-refractivity contribution < 1.29 is 22.7 Å². The zero-order valence-electron chi connectivity index (χ0n) is 17.6. The minimum Gasteiger partial charge on any atom is -0.451 e. The van der Waals surface area contributed by atoms with Crippen molar-refractivity contribution >= 4 is 33.4 Å². The third kappa shape index (κ3) is 4.95. The van der Waals surface area contributed by atoms with Gasteiger partial charge in [0.05, 0.1) is 17.4 Å². The Morgan fingerprint density at radius 3 is 2.47 bits per heavy atom. The second kappa shape index (κ2) is 9.62. The molecule has 3 rings (SSSR count). The molecule has 0 saturated carbocycles. The number of para-hydroxylation sites is 1. The largest absolute Gasteiger partial charge is 0.451 e. The van der Waals surface area contributed by atoms with Gasteiger partial charge in [0.2, 0.25) is 0 Å². The van der Waals surface area contributed by atoms with Crippen LogP contribution in [-0.2, 0) is 24.3 Å². The molecule has 32 heavy (non-hydrogen) atoms. The van der Waals surface area contributed by atoms with Gasteiger partial charge in [0.1, 0.15) is 11.9 Å². The molecule has 166 valence electrons. The minimum absolute atomic E-state index is 0.0453. The molecule has 0 radical (unpaired) electrons. The predicted octanol–water partition coefficient (Wildman–Crippen LogP) is 1.99. The number of nitrogens with zero attached hydrogens (tertiary/aromatic N) is 3. The summed E-state index contributed by atoms with van der Waals surface area (Å²) >= 11 is 0. The van der Waals surface area contributed by atoms with E-state index in [0.717, 1.165) is 0 Å². The number of ether oxygens (including phenoxy) is 1. The van der Waals surface area contributed by atoms with E-state index >= 15 is 0 Å². The van der Waals surface area contributed by atoms with Crippen LogP contribution < -0.4 is 9.62 Å². The summed E-state index contributed by atoms with van der Waals surface area (Å²) in [6.07, 6.45) is -1.01. The summed E-state index contributed by atoms with van der Waals surface area (Å²) in [7, 11) is -3.73. The number of fused-ring (bicyclic) bond motifs is 1. The number of carbonyl (C=O) groups is 2. The molecule has 0 spiro atoms. The van der Waals surface area contributed by atoms with Crippen molar-refractivity contribution in [1.29, 1.82) is 5.26 Å². The van der Waals surface area contributed by atoms with E-state index in [0.29, 0.717) is 11.3 Å². The van der Waals surface area contributed by atoms with E-state index in [9.17, 15) is 18.0 Å². The van der Waals surface area contributed by atoms with Crippen LogP contribution >= 0.6 is 0 Å². The molecule has 1 unspecified atom stereocenters. The number of carbonyl (C=O) groups excluding carboxylic acids is 2. The summed E-state index contributed by atoms with van der Waals surface area (Å²) in [6.45, 7) is 3.04. The van der Waals surface area contributed by atoms with Crippen LogP contribution in [0.4, 0.5) is 5.69 Å². The molecule has 10 heteroatoms. The number of amidine groups is 1. The van der Waals surface area contributed by atoms with Gasteiger partial charge < -0.3 is 9.64 Å². The highest BCUT2D eigenvalue weighted by Gasteiger charge is 2.32.